The third-order valence-corrected chi connectivity index (χ3v) is 4.65. The summed E-state index contributed by atoms with van der Waals surface area (Å²) in [5.74, 6) is 1.13. The Morgan fingerprint density at radius 3 is 2.89 bits per heavy atom. The molecule has 3 nitrogen and oxygen atoms in total. The molecule has 1 unspecified atom stereocenters. The largest absolute Gasteiger partial charge is 0.338 e. The van der Waals surface area contributed by atoms with Crippen molar-refractivity contribution in [2.75, 3.05) is 7.05 Å². The van der Waals surface area contributed by atoms with Crippen LogP contribution in [0.25, 0.3) is 0 Å². The Hall–Kier alpha value is -0.400. The quantitative estimate of drug-likeness (QED) is 0.729. The van der Waals surface area contributed by atoms with E-state index in [0.29, 0.717) is 6.04 Å². The van der Waals surface area contributed by atoms with E-state index in [2.05, 4.69) is 71.6 Å². The fraction of sp³-hybridized carbons (Fsp3) is 0.357. The lowest BCUT2D eigenvalue weighted by Crippen LogP contribution is -2.18. The molecule has 0 radical (unpaired) electrons. The average molecular weight is 434 g/mol. The number of rotatable bonds is 5. The van der Waals surface area contributed by atoms with Gasteiger partial charge in [0.15, 0.2) is 0 Å². The topological polar surface area (TPSA) is 29.9 Å². The predicted octanol–water partition coefficient (Wildman–Crippen LogP) is 3.68. The van der Waals surface area contributed by atoms with Gasteiger partial charge in [0.1, 0.15) is 5.82 Å². The highest BCUT2D eigenvalue weighted by Crippen LogP contribution is 2.28. The number of nitrogens with one attached hydrogen (secondary N) is 1. The van der Waals surface area contributed by atoms with Crippen molar-refractivity contribution in [3.63, 3.8) is 0 Å². The van der Waals surface area contributed by atoms with Gasteiger partial charge in [0.05, 0.1) is 0 Å². The number of nitrogens with zero attached hydrogens (tertiary/aromatic N) is 2. The number of halogens is 2. The fourth-order valence-electron chi connectivity index (χ4n) is 2.15. The number of hydrogen-bond donors (Lipinski definition) is 1. The van der Waals surface area contributed by atoms with Crippen LogP contribution in [-0.2, 0) is 13.5 Å². The van der Waals surface area contributed by atoms with Crippen LogP contribution < -0.4 is 5.32 Å². The number of imidazole rings is 1. The Balaban J connectivity index is 2.12. The molecular formula is C14H17BrIN3. The molecule has 0 bridgehead atoms. The molecule has 1 atom stereocenters. The molecule has 2 rings (SSSR count). The van der Waals surface area contributed by atoms with Crippen molar-refractivity contribution in [3.05, 3.63) is 50.0 Å². The molecule has 2 aromatic rings. The Bertz CT molecular complexity index is 553. The lowest BCUT2D eigenvalue weighted by molar-refractivity contribution is 0.534. The van der Waals surface area contributed by atoms with Crippen molar-refractivity contribution in [3.8, 4) is 0 Å². The first-order valence-corrected chi connectivity index (χ1v) is 8.07. The first kappa shape index (κ1) is 15.0. The highest BCUT2D eigenvalue weighted by Gasteiger charge is 2.14. The maximum absolute atomic E-state index is 4.38. The van der Waals surface area contributed by atoms with Crippen LogP contribution in [0, 0.1) is 3.57 Å². The molecule has 1 N–H and O–H groups in total. The van der Waals surface area contributed by atoms with Crippen LogP contribution in [0.5, 0.6) is 0 Å². The minimum absolute atomic E-state index is 0.334. The highest BCUT2D eigenvalue weighted by atomic mass is 127. The van der Waals surface area contributed by atoms with E-state index in [1.165, 1.54) is 9.13 Å². The molecule has 1 aromatic heterocycles. The lowest BCUT2D eigenvalue weighted by atomic mass is 10.0. The monoisotopic (exact) mass is 433 g/mol. The Labute approximate surface area is 136 Å². The summed E-state index contributed by atoms with van der Waals surface area (Å²) < 4.78 is 4.50. The first-order valence-electron chi connectivity index (χ1n) is 6.20. The second-order valence-electron chi connectivity index (χ2n) is 4.50. The zero-order valence-corrected chi connectivity index (χ0v) is 14.8. The van der Waals surface area contributed by atoms with E-state index >= 15 is 0 Å². The van der Waals surface area contributed by atoms with E-state index in [9.17, 15) is 0 Å². The fourth-order valence-corrected chi connectivity index (χ4v) is 3.19. The molecular weight excluding hydrogens is 417 g/mol. The van der Waals surface area contributed by atoms with Crippen LogP contribution in [-0.4, -0.2) is 16.6 Å². The minimum Gasteiger partial charge on any atom is -0.338 e. The summed E-state index contributed by atoms with van der Waals surface area (Å²) in [5.41, 5.74) is 1.31. The van der Waals surface area contributed by atoms with Gasteiger partial charge in [-0.2, -0.15) is 0 Å². The molecule has 0 aliphatic heterocycles. The Kier molecular flexibility index (Phi) is 5.41. The molecule has 0 saturated heterocycles. The summed E-state index contributed by atoms with van der Waals surface area (Å²) in [6.07, 6.45) is 5.84. The van der Waals surface area contributed by atoms with Gasteiger partial charge in [0.2, 0.25) is 0 Å². The summed E-state index contributed by atoms with van der Waals surface area (Å²) in [5, 5.41) is 3.40. The smallest absolute Gasteiger partial charge is 0.108 e. The van der Waals surface area contributed by atoms with Gasteiger partial charge in [0, 0.05) is 39.9 Å². The van der Waals surface area contributed by atoms with Crippen LogP contribution in [0.4, 0.5) is 0 Å². The number of benzene rings is 1. The van der Waals surface area contributed by atoms with Crippen LogP contribution in [0.3, 0.4) is 0 Å². The second-order valence-corrected chi connectivity index (χ2v) is 6.60. The molecule has 102 valence electrons. The third-order valence-electron chi connectivity index (χ3n) is 3.26. The Morgan fingerprint density at radius 1 is 1.47 bits per heavy atom. The van der Waals surface area contributed by atoms with E-state index in [0.717, 1.165) is 23.1 Å². The van der Waals surface area contributed by atoms with Crippen LogP contribution in [0.1, 0.15) is 23.9 Å². The van der Waals surface area contributed by atoms with Gasteiger partial charge in [-0.3, -0.25) is 0 Å². The predicted molar refractivity (Wildman–Crippen MR) is 90.2 cm³/mol. The molecule has 0 saturated carbocycles. The normalized spacial score (nSPS) is 12.6. The number of hydrogen-bond acceptors (Lipinski definition) is 2. The van der Waals surface area contributed by atoms with Gasteiger partial charge in [-0.1, -0.05) is 15.9 Å². The van der Waals surface area contributed by atoms with E-state index in [-0.39, 0.29) is 0 Å². The summed E-state index contributed by atoms with van der Waals surface area (Å²) in [4.78, 5) is 4.38. The van der Waals surface area contributed by atoms with Crippen molar-refractivity contribution in [2.45, 2.75) is 18.9 Å². The van der Waals surface area contributed by atoms with E-state index in [1.54, 1.807) is 0 Å². The van der Waals surface area contributed by atoms with Crippen molar-refractivity contribution in [2.24, 2.45) is 7.05 Å². The van der Waals surface area contributed by atoms with Crippen LogP contribution in [0.15, 0.2) is 35.1 Å². The SMILES string of the molecule is CNC(CCc1nccn1C)c1cc(I)ccc1Br. The van der Waals surface area contributed by atoms with Gasteiger partial charge < -0.3 is 9.88 Å². The van der Waals surface area contributed by atoms with Crippen molar-refractivity contribution < 1.29 is 0 Å². The Morgan fingerprint density at radius 2 is 2.26 bits per heavy atom. The molecule has 1 heterocycles. The summed E-state index contributed by atoms with van der Waals surface area (Å²) >= 11 is 5.99. The zero-order chi connectivity index (χ0) is 13.8. The minimum atomic E-state index is 0.334. The summed E-state index contributed by atoms with van der Waals surface area (Å²) in [6.45, 7) is 0. The zero-order valence-electron chi connectivity index (χ0n) is 11.0. The highest BCUT2D eigenvalue weighted by molar-refractivity contribution is 14.1. The summed E-state index contributed by atoms with van der Waals surface area (Å²) in [6, 6.07) is 6.78. The number of aromatic nitrogens is 2. The van der Waals surface area contributed by atoms with E-state index in [4.69, 9.17) is 0 Å². The molecule has 0 fully saturated rings. The standard InChI is InChI=1S/C14H17BrIN3/c1-17-13(5-6-14-18-7-8-19(14)2)11-9-10(16)3-4-12(11)15/h3-4,7-9,13,17H,5-6H2,1-2H3. The van der Waals surface area contributed by atoms with E-state index in [1.807, 2.05) is 26.5 Å². The van der Waals surface area contributed by atoms with Gasteiger partial charge in [-0.25, -0.2) is 4.98 Å². The molecule has 19 heavy (non-hydrogen) atoms. The summed E-state index contributed by atoms with van der Waals surface area (Å²) in [7, 11) is 4.05. The molecule has 0 amide bonds. The van der Waals surface area contributed by atoms with Gasteiger partial charge in [0.25, 0.3) is 0 Å². The van der Waals surface area contributed by atoms with Gasteiger partial charge >= 0.3 is 0 Å². The molecule has 0 aliphatic rings. The molecule has 0 aliphatic carbocycles. The molecule has 1 aromatic carbocycles. The van der Waals surface area contributed by atoms with Crippen molar-refractivity contribution in [1.29, 1.82) is 0 Å². The third kappa shape index (κ3) is 3.79. The lowest BCUT2D eigenvalue weighted by Gasteiger charge is -2.18. The van der Waals surface area contributed by atoms with Gasteiger partial charge in [-0.15, -0.1) is 0 Å². The maximum atomic E-state index is 4.38. The van der Waals surface area contributed by atoms with E-state index < -0.39 is 0 Å². The molecule has 5 heteroatoms. The van der Waals surface area contributed by atoms with Crippen molar-refractivity contribution >= 4 is 38.5 Å². The first-order chi connectivity index (χ1) is 9.11. The van der Waals surface area contributed by atoms with Gasteiger partial charge in [-0.05, 0) is 59.8 Å². The maximum Gasteiger partial charge on any atom is 0.108 e. The number of aryl methyl sites for hydroxylation is 2. The average Bonchev–Trinajstić information content (AvgIpc) is 2.80. The van der Waals surface area contributed by atoms with Crippen LogP contribution in [0.2, 0.25) is 0 Å². The van der Waals surface area contributed by atoms with Crippen molar-refractivity contribution in [1.82, 2.24) is 14.9 Å². The van der Waals surface area contributed by atoms with Crippen LogP contribution >= 0.6 is 38.5 Å². The molecule has 0 spiro atoms. The second kappa shape index (κ2) is 6.85.